The van der Waals surface area contributed by atoms with Crippen molar-refractivity contribution in [1.82, 2.24) is 14.5 Å². The standard InChI is InChI=1S/C25H28N4O/c1-19-8-5-6-11-21(19)17-28-13-7-14-29-23-12-15-27(16-20-9-3-2-4-10-20)18-22(23)24(30)26-25(28)29/h2-6,8-11H,7,12-18H2,1H3. The molecule has 0 spiro atoms. The molecule has 3 heterocycles. The highest BCUT2D eigenvalue weighted by Crippen LogP contribution is 2.26. The van der Waals surface area contributed by atoms with Gasteiger partial charge >= 0.3 is 0 Å². The van der Waals surface area contributed by atoms with Gasteiger partial charge in [-0.15, -0.1) is 0 Å². The first-order valence-electron chi connectivity index (χ1n) is 10.9. The predicted octanol–water partition coefficient (Wildman–Crippen LogP) is 3.52. The summed E-state index contributed by atoms with van der Waals surface area (Å²) in [6.45, 7) is 7.39. The van der Waals surface area contributed by atoms with Crippen molar-refractivity contribution in [1.29, 1.82) is 0 Å². The Kier molecular flexibility index (Phi) is 5.13. The summed E-state index contributed by atoms with van der Waals surface area (Å²) in [5.74, 6) is 0.852. The van der Waals surface area contributed by atoms with Gasteiger partial charge in [0.05, 0.1) is 5.56 Å². The molecule has 1 aromatic heterocycles. The summed E-state index contributed by atoms with van der Waals surface area (Å²) in [7, 11) is 0. The Labute approximate surface area is 177 Å². The van der Waals surface area contributed by atoms with Crippen molar-refractivity contribution >= 4 is 5.95 Å². The minimum atomic E-state index is -0.0503. The van der Waals surface area contributed by atoms with Gasteiger partial charge in [-0.25, -0.2) is 0 Å². The van der Waals surface area contributed by atoms with E-state index >= 15 is 0 Å². The second-order valence-corrected chi connectivity index (χ2v) is 8.44. The lowest BCUT2D eigenvalue weighted by Gasteiger charge is -2.36. The van der Waals surface area contributed by atoms with Gasteiger partial charge in [0.15, 0.2) is 0 Å². The minimum absolute atomic E-state index is 0.0503. The first-order chi connectivity index (χ1) is 14.7. The van der Waals surface area contributed by atoms with Gasteiger partial charge in [0, 0.05) is 51.4 Å². The largest absolute Gasteiger partial charge is 0.338 e. The maximum Gasteiger partial charge on any atom is 0.279 e. The topological polar surface area (TPSA) is 41.4 Å². The fourth-order valence-electron chi connectivity index (χ4n) is 4.75. The molecule has 2 aliphatic rings. The molecule has 5 rings (SSSR count). The number of hydrogen-bond acceptors (Lipinski definition) is 4. The van der Waals surface area contributed by atoms with Gasteiger partial charge in [-0.05, 0) is 30.0 Å². The van der Waals surface area contributed by atoms with Crippen molar-refractivity contribution in [3.05, 3.63) is 92.9 Å². The van der Waals surface area contributed by atoms with Crippen LogP contribution in [0.25, 0.3) is 0 Å². The molecule has 154 valence electrons. The van der Waals surface area contributed by atoms with Crippen molar-refractivity contribution in [2.24, 2.45) is 0 Å². The zero-order valence-electron chi connectivity index (χ0n) is 17.6. The Balaban J connectivity index is 1.43. The van der Waals surface area contributed by atoms with Crippen LogP contribution in [0.5, 0.6) is 0 Å². The fraction of sp³-hybridized carbons (Fsp3) is 0.360. The van der Waals surface area contributed by atoms with Crippen LogP contribution in [0, 0.1) is 6.92 Å². The Morgan fingerprint density at radius 1 is 0.933 bits per heavy atom. The molecule has 2 aliphatic heterocycles. The lowest BCUT2D eigenvalue weighted by atomic mass is 10.0. The number of aromatic nitrogens is 2. The van der Waals surface area contributed by atoms with Crippen LogP contribution in [0.4, 0.5) is 5.95 Å². The molecular formula is C25H28N4O. The Morgan fingerprint density at radius 2 is 1.73 bits per heavy atom. The number of nitrogens with zero attached hydrogens (tertiary/aromatic N) is 4. The highest BCUT2D eigenvalue weighted by Gasteiger charge is 2.28. The molecule has 0 atom stereocenters. The maximum atomic E-state index is 13.0. The van der Waals surface area contributed by atoms with Crippen molar-refractivity contribution < 1.29 is 0 Å². The van der Waals surface area contributed by atoms with Crippen LogP contribution in [0.1, 0.15) is 34.4 Å². The summed E-state index contributed by atoms with van der Waals surface area (Å²) in [6, 6.07) is 19.0. The molecule has 0 amide bonds. The predicted molar refractivity (Wildman–Crippen MR) is 120 cm³/mol. The summed E-state index contributed by atoms with van der Waals surface area (Å²) in [5.41, 5.74) is 5.91. The zero-order chi connectivity index (χ0) is 20.5. The smallest absolute Gasteiger partial charge is 0.279 e. The second-order valence-electron chi connectivity index (χ2n) is 8.44. The van der Waals surface area contributed by atoms with E-state index in [9.17, 15) is 4.79 Å². The van der Waals surface area contributed by atoms with Crippen molar-refractivity contribution in [2.45, 2.75) is 45.9 Å². The van der Waals surface area contributed by atoms with E-state index < -0.39 is 0 Å². The first kappa shape index (κ1) is 19.1. The normalized spacial score (nSPS) is 16.2. The Bertz CT molecular complexity index is 1110. The van der Waals surface area contributed by atoms with E-state index in [4.69, 9.17) is 0 Å². The van der Waals surface area contributed by atoms with Crippen LogP contribution in [-0.2, 0) is 32.6 Å². The molecule has 0 fully saturated rings. The Morgan fingerprint density at radius 3 is 2.57 bits per heavy atom. The fourth-order valence-corrected chi connectivity index (χ4v) is 4.75. The number of anilines is 1. The van der Waals surface area contributed by atoms with Crippen LogP contribution < -0.4 is 10.5 Å². The van der Waals surface area contributed by atoms with E-state index in [1.807, 2.05) is 6.07 Å². The molecule has 0 saturated heterocycles. The van der Waals surface area contributed by atoms with Crippen molar-refractivity contribution in [3.8, 4) is 0 Å². The lowest BCUT2D eigenvalue weighted by molar-refractivity contribution is 0.237. The van der Waals surface area contributed by atoms with Crippen LogP contribution in [0.15, 0.2) is 59.4 Å². The number of aryl methyl sites for hydroxylation is 1. The monoisotopic (exact) mass is 400 g/mol. The highest BCUT2D eigenvalue weighted by molar-refractivity contribution is 5.41. The van der Waals surface area contributed by atoms with Crippen LogP contribution in [0.3, 0.4) is 0 Å². The molecule has 0 saturated carbocycles. The van der Waals surface area contributed by atoms with Gasteiger partial charge in [-0.1, -0.05) is 54.6 Å². The van der Waals surface area contributed by atoms with Crippen LogP contribution >= 0.6 is 0 Å². The third-order valence-electron chi connectivity index (χ3n) is 6.39. The maximum absolute atomic E-state index is 13.0. The van der Waals surface area contributed by atoms with Crippen LogP contribution in [-0.4, -0.2) is 27.5 Å². The van der Waals surface area contributed by atoms with Gasteiger partial charge in [0.25, 0.3) is 5.56 Å². The van der Waals surface area contributed by atoms with E-state index in [-0.39, 0.29) is 5.56 Å². The zero-order valence-corrected chi connectivity index (χ0v) is 17.6. The van der Waals surface area contributed by atoms with Crippen molar-refractivity contribution in [2.75, 3.05) is 18.0 Å². The molecule has 5 nitrogen and oxygen atoms in total. The summed E-state index contributed by atoms with van der Waals surface area (Å²) in [4.78, 5) is 22.2. The molecule has 0 radical (unpaired) electrons. The molecule has 0 aliphatic carbocycles. The van der Waals surface area contributed by atoms with E-state index in [1.54, 1.807) is 0 Å². The van der Waals surface area contributed by atoms with E-state index in [0.29, 0.717) is 6.54 Å². The van der Waals surface area contributed by atoms with Gasteiger partial charge in [0.2, 0.25) is 5.95 Å². The average Bonchev–Trinajstić information content (AvgIpc) is 2.77. The SMILES string of the molecule is Cc1ccccc1CN1CCCn2c1nc(=O)c1c2CCN(Cc2ccccc2)C1. The second kappa shape index (κ2) is 8.07. The van der Waals surface area contributed by atoms with Gasteiger partial charge < -0.3 is 9.47 Å². The third-order valence-corrected chi connectivity index (χ3v) is 6.39. The summed E-state index contributed by atoms with van der Waals surface area (Å²) < 4.78 is 2.32. The minimum Gasteiger partial charge on any atom is -0.338 e. The summed E-state index contributed by atoms with van der Waals surface area (Å²) in [6.07, 6.45) is 1.99. The number of rotatable bonds is 4. The average molecular weight is 401 g/mol. The van der Waals surface area contributed by atoms with E-state index in [1.165, 1.54) is 22.4 Å². The molecule has 0 N–H and O–H groups in total. The van der Waals surface area contributed by atoms with E-state index in [2.05, 4.69) is 74.8 Å². The molecular weight excluding hydrogens is 372 g/mol. The van der Waals surface area contributed by atoms with Crippen molar-refractivity contribution in [3.63, 3.8) is 0 Å². The van der Waals surface area contributed by atoms with Crippen LogP contribution in [0.2, 0.25) is 0 Å². The molecule has 0 bridgehead atoms. The van der Waals surface area contributed by atoms with Gasteiger partial charge in [0.1, 0.15) is 0 Å². The molecule has 30 heavy (non-hydrogen) atoms. The quantitative estimate of drug-likeness (QED) is 0.672. The third kappa shape index (κ3) is 3.65. The first-order valence-corrected chi connectivity index (χ1v) is 10.9. The van der Waals surface area contributed by atoms with Gasteiger partial charge in [-0.3, -0.25) is 9.69 Å². The van der Waals surface area contributed by atoms with Gasteiger partial charge in [-0.2, -0.15) is 4.98 Å². The lowest BCUT2D eigenvalue weighted by Crippen LogP contribution is -2.42. The molecule has 2 aromatic carbocycles. The summed E-state index contributed by atoms with van der Waals surface area (Å²) in [5, 5.41) is 0. The Hall–Kier alpha value is -2.92. The highest BCUT2D eigenvalue weighted by atomic mass is 16.1. The number of benzene rings is 2. The van der Waals surface area contributed by atoms with E-state index in [0.717, 1.165) is 57.1 Å². The number of hydrogen-bond donors (Lipinski definition) is 0. The molecule has 0 unspecified atom stereocenters. The number of fused-ring (bicyclic) bond motifs is 3. The molecule has 3 aromatic rings. The summed E-state index contributed by atoms with van der Waals surface area (Å²) >= 11 is 0. The molecule has 5 heteroatoms.